The number of aliphatic hydroxyl groups is 1. The van der Waals surface area contributed by atoms with E-state index in [2.05, 4.69) is 10.2 Å². The predicted octanol–water partition coefficient (Wildman–Crippen LogP) is -0.0261. The molecule has 0 aromatic carbocycles. The number of aromatic nitrogens is 3. The molecule has 0 bridgehead atoms. The van der Waals surface area contributed by atoms with Crippen molar-refractivity contribution < 1.29 is 5.11 Å². The Balaban J connectivity index is 2.04. The quantitative estimate of drug-likeness (QED) is 0.594. The first-order chi connectivity index (χ1) is 4.86. The largest absolute Gasteiger partial charge is 0.393 e. The van der Waals surface area contributed by atoms with Crippen molar-refractivity contribution in [3.8, 4) is 0 Å². The molecular weight excluding hydrogens is 130 g/mol. The smallest absolute Gasteiger partial charge is 0.119 e. The van der Waals surface area contributed by atoms with E-state index in [1.165, 1.54) is 0 Å². The molecule has 0 amide bonds. The second-order valence-corrected chi connectivity index (χ2v) is 2.69. The average molecular weight is 139 g/mol. The molecule has 0 unspecified atom stereocenters. The molecule has 1 aromatic rings. The first-order valence-corrected chi connectivity index (χ1v) is 3.38. The summed E-state index contributed by atoms with van der Waals surface area (Å²) in [4.78, 5) is 0. The van der Waals surface area contributed by atoms with Crippen molar-refractivity contribution in [2.45, 2.75) is 25.0 Å². The van der Waals surface area contributed by atoms with Crippen molar-refractivity contribution in [3.05, 3.63) is 12.7 Å². The summed E-state index contributed by atoms with van der Waals surface area (Å²) in [7, 11) is 0. The van der Waals surface area contributed by atoms with Gasteiger partial charge >= 0.3 is 0 Å². The van der Waals surface area contributed by atoms with E-state index in [9.17, 15) is 0 Å². The van der Waals surface area contributed by atoms with Crippen molar-refractivity contribution in [3.63, 3.8) is 0 Å². The Kier molecular flexibility index (Phi) is 1.20. The molecule has 4 nitrogen and oxygen atoms in total. The van der Waals surface area contributed by atoms with E-state index in [4.69, 9.17) is 5.11 Å². The van der Waals surface area contributed by atoms with Crippen molar-refractivity contribution in [2.75, 3.05) is 0 Å². The number of hydrogen-bond acceptors (Lipinski definition) is 3. The van der Waals surface area contributed by atoms with Gasteiger partial charge in [-0.25, -0.2) is 0 Å². The van der Waals surface area contributed by atoms with Gasteiger partial charge in [-0.2, -0.15) is 0 Å². The van der Waals surface area contributed by atoms with Gasteiger partial charge in [-0.15, -0.1) is 10.2 Å². The normalized spacial score (nSPS) is 31.7. The Morgan fingerprint density at radius 3 is 2.40 bits per heavy atom. The van der Waals surface area contributed by atoms with Gasteiger partial charge in [0.2, 0.25) is 0 Å². The van der Waals surface area contributed by atoms with E-state index in [1.807, 2.05) is 4.57 Å². The van der Waals surface area contributed by atoms with Gasteiger partial charge in [-0.3, -0.25) is 0 Å². The zero-order valence-corrected chi connectivity index (χ0v) is 5.51. The van der Waals surface area contributed by atoms with Crippen LogP contribution in [0.2, 0.25) is 0 Å². The van der Waals surface area contributed by atoms with Gasteiger partial charge in [0.15, 0.2) is 0 Å². The van der Waals surface area contributed by atoms with E-state index in [1.54, 1.807) is 12.7 Å². The molecule has 1 aliphatic rings. The van der Waals surface area contributed by atoms with Crippen LogP contribution >= 0.6 is 0 Å². The Labute approximate surface area is 58.5 Å². The third-order valence-corrected chi connectivity index (χ3v) is 1.95. The minimum absolute atomic E-state index is 0.104. The van der Waals surface area contributed by atoms with Crippen LogP contribution < -0.4 is 0 Å². The Bertz CT molecular complexity index is 203. The van der Waals surface area contributed by atoms with Crippen LogP contribution in [0.4, 0.5) is 0 Å². The molecule has 1 fully saturated rings. The van der Waals surface area contributed by atoms with Crippen molar-refractivity contribution in [2.24, 2.45) is 0 Å². The van der Waals surface area contributed by atoms with Gasteiger partial charge in [0.25, 0.3) is 0 Å². The molecule has 10 heavy (non-hydrogen) atoms. The summed E-state index contributed by atoms with van der Waals surface area (Å²) in [5.41, 5.74) is 0. The lowest BCUT2D eigenvalue weighted by Gasteiger charge is -2.31. The van der Waals surface area contributed by atoms with Gasteiger partial charge in [0, 0.05) is 6.04 Å². The zero-order chi connectivity index (χ0) is 6.97. The maximum atomic E-state index is 8.96. The maximum absolute atomic E-state index is 8.96. The highest BCUT2D eigenvalue weighted by atomic mass is 16.3. The van der Waals surface area contributed by atoms with E-state index in [-0.39, 0.29) is 6.10 Å². The second kappa shape index (κ2) is 2.05. The lowest BCUT2D eigenvalue weighted by molar-refractivity contribution is 0.0484. The van der Waals surface area contributed by atoms with Crippen LogP contribution in [0.5, 0.6) is 0 Å². The Hall–Kier alpha value is -0.900. The van der Waals surface area contributed by atoms with E-state index in [0.717, 1.165) is 12.8 Å². The van der Waals surface area contributed by atoms with Gasteiger partial charge in [-0.1, -0.05) is 0 Å². The first-order valence-electron chi connectivity index (χ1n) is 3.38. The minimum atomic E-state index is -0.104. The van der Waals surface area contributed by atoms with Gasteiger partial charge in [0.1, 0.15) is 12.7 Å². The maximum Gasteiger partial charge on any atom is 0.119 e. The van der Waals surface area contributed by atoms with Crippen molar-refractivity contribution in [1.29, 1.82) is 0 Å². The fourth-order valence-electron chi connectivity index (χ4n) is 1.20. The van der Waals surface area contributed by atoms with Gasteiger partial charge in [0.05, 0.1) is 6.10 Å². The fourth-order valence-corrected chi connectivity index (χ4v) is 1.20. The topological polar surface area (TPSA) is 50.9 Å². The molecule has 2 rings (SSSR count). The number of nitrogens with zero attached hydrogens (tertiary/aromatic N) is 3. The first kappa shape index (κ1) is 5.85. The number of hydrogen-bond donors (Lipinski definition) is 1. The molecule has 54 valence electrons. The molecule has 1 aliphatic carbocycles. The summed E-state index contributed by atoms with van der Waals surface area (Å²) in [5.74, 6) is 0. The summed E-state index contributed by atoms with van der Waals surface area (Å²) >= 11 is 0. The molecular formula is C6H9N3O. The second-order valence-electron chi connectivity index (χ2n) is 2.69. The SMILES string of the molecule is OC1CC(n2cnnc2)C1. The zero-order valence-electron chi connectivity index (χ0n) is 5.51. The predicted molar refractivity (Wildman–Crippen MR) is 34.3 cm³/mol. The monoisotopic (exact) mass is 139 g/mol. The third-order valence-electron chi connectivity index (χ3n) is 1.95. The Morgan fingerprint density at radius 2 is 1.90 bits per heavy atom. The lowest BCUT2D eigenvalue weighted by Crippen LogP contribution is -2.30. The molecule has 0 aliphatic heterocycles. The van der Waals surface area contributed by atoms with E-state index >= 15 is 0 Å². The highest BCUT2D eigenvalue weighted by molar-refractivity contribution is 4.85. The Morgan fingerprint density at radius 1 is 1.30 bits per heavy atom. The molecule has 0 radical (unpaired) electrons. The van der Waals surface area contributed by atoms with Crippen molar-refractivity contribution in [1.82, 2.24) is 14.8 Å². The number of aliphatic hydroxyl groups excluding tert-OH is 1. The van der Waals surface area contributed by atoms with E-state index in [0.29, 0.717) is 6.04 Å². The lowest BCUT2D eigenvalue weighted by atomic mass is 9.89. The van der Waals surface area contributed by atoms with Crippen LogP contribution in [0.15, 0.2) is 12.7 Å². The van der Waals surface area contributed by atoms with Crippen LogP contribution in [0, 0.1) is 0 Å². The van der Waals surface area contributed by atoms with Crippen LogP contribution in [0.1, 0.15) is 18.9 Å². The van der Waals surface area contributed by atoms with E-state index < -0.39 is 0 Å². The molecule has 0 spiro atoms. The third kappa shape index (κ3) is 0.806. The molecule has 4 heteroatoms. The van der Waals surface area contributed by atoms with Crippen molar-refractivity contribution >= 4 is 0 Å². The summed E-state index contributed by atoms with van der Waals surface area (Å²) in [5, 5.41) is 16.3. The molecule has 1 aromatic heterocycles. The highest BCUT2D eigenvalue weighted by Gasteiger charge is 2.28. The summed E-state index contributed by atoms with van der Waals surface area (Å²) in [6.07, 6.45) is 4.97. The van der Waals surface area contributed by atoms with Crippen LogP contribution in [-0.4, -0.2) is 26.0 Å². The number of rotatable bonds is 1. The molecule has 1 heterocycles. The summed E-state index contributed by atoms with van der Waals surface area (Å²) in [6, 6.07) is 0.435. The summed E-state index contributed by atoms with van der Waals surface area (Å²) < 4.78 is 1.94. The molecule has 0 saturated heterocycles. The van der Waals surface area contributed by atoms with Crippen LogP contribution in [0.3, 0.4) is 0 Å². The summed E-state index contributed by atoms with van der Waals surface area (Å²) in [6.45, 7) is 0. The highest BCUT2D eigenvalue weighted by Crippen LogP contribution is 2.30. The minimum Gasteiger partial charge on any atom is -0.393 e. The molecule has 1 N–H and O–H groups in total. The van der Waals surface area contributed by atoms with Crippen LogP contribution in [0.25, 0.3) is 0 Å². The molecule has 1 saturated carbocycles. The van der Waals surface area contributed by atoms with Gasteiger partial charge in [-0.05, 0) is 12.8 Å². The standard InChI is InChI=1S/C6H9N3O/c10-6-1-5(2-6)9-3-7-8-4-9/h3-6,10H,1-2H2. The molecule has 0 atom stereocenters. The average Bonchev–Trinajstić information content (AvgIpc) is 2.31. The van der Waals surface area contributed by atoms with Crippen LogP contribution in [-0.2, 0) is 0 Å². The fraction of sp³-hybridized carbons (Fsp3) is 0.667. The van der Waals surface area contributed by atoms with Gasteiger partial charge < -0.3 is 9.67 Å².